The third-order valence-electron chi connectivity index (χ3n) is 5.04. The molecule has 0 radical (unpaired) electrons. The first-order chi connectivity index (χ1) is 14.4. The molecule has 1 aliphatic heterocycles. The summed E-state index contributed by atoms with van der Waals surface area (Å²) in [5, 5.41) is 10.9. The number of ketones is 1. The fourth-order valence-corrected chi connectivity index (χ4v) is 3.56. The molecular weight excluding hydrogens is 388 g/mol. The largest absolute Gasteiger partial charge is 0.507 e. The molecule has 150 valence electrons. The first kappa shape index (κ1) is 19.5. The number of carbonyl (C=O) groups excluding carboxylic acids is 2. The summed E-state index contributed by atoms with van der Waals surface area (Å²) in [6.45, 7) is 1.88. The summed E-state index contributed by atoms with van der Waals surface area (Å²) in [7, 11) is 0. The summed E-state index contributed by atoms with van der Waals surface area (Å²) in [6.07, 6.45) is 0. The minimum atomic E-state index is -1.06. The number of aliphatic hydroxyl groups excluding tert-OH is 1. The molecular formula is C24H17F2NO3. The van der Waals surface area contributed by atoms with Gasteiger partial charge in [0, 0.05) is 11.3 Å². The molecule has 1 N–H and O–H groups in total. The summed E-state index contributed by atoms with van der Waals surface area (Å²) in [5.41, 5.74) is 1.74. The smallest absolute Gasteiger partial charge is 0.300 e. The van der Waals surface area contributed by atoms with Crippen LogP contribution in [0.4, 0.5) is 14.5 Å². The minimum absolute atomic E-state index is 0.154. The molecule has 30 heavy (non-hydrogen) atoms. The van der Waals surface area contributed by atoms with Crippen molar-refractivity contribution < 1.29 is 23.5 Å². The molecule has 0 aromatic heterocycles. The summed E-state index contributed by atoms with van der Waals surface area (Å²) in [4.78, 5) is 27.0. The van der Waals surface area contributed by atoms with Crippen LogP contribution >= 0.6 is 0 Å². The quantitative estimate of drug-likeness (QED) is 0.383. The number of carbonyl (C=O) groups is 2. The Labute approximate surface area is 171 Å². The predicted molar refractivity (Wildman–Crippen MR) is 109 cm³/mol. The number of amides is 1. The zero-order valence-corrected chi connectivity index (χ0v) is 16.0. The molecule has 0 spiro atoms. The number of Topliss-reactive ketones (excluding diaryl/α,β-unsaturated/α-hetero) is 1. The number of aliphatic hydroxyl groups is 1. The SMILES string of the molecule is Cc1ccc(/C(O)=C2\C(=O)C(=O)N(c3ccc(F)cc3)[C@H]2c2cccc(F)c2)cc1. The Kier molecular flexibility index (Phi) is 4.91. The minimum Gasteiger partial charge on any atom is -0.507 e. The monoisotopic (exact) mass is 405 g/mol. The van der Waals surface area contributed by atoms with Crippen molar-refractivity contribution >= 4 is 23.1 Å². The standard InChI is InChI=1S/C24H17F2NO3/c1-14-5-7-15(8-6-14)22(28)20-21(16-3-2-4-18(26)13-16)27(24(30)23(20)29)19-11-9-17(25)10-12-19/h2-13,21,28H,1H3/b22-20+/t21-/m0/s1. The zero-order valence-electron chi connectivity index (χ0n) is 16.0. The van der Waals surface area contributed by atoms with E-state index in [0.29, 0.717) is 11.1 Å². The Morgan fingerprint density at radius 2 is 1.57 bits per heavy atom. The number of rotatable bonds is 3. The summed E-state index contributed by atoms with van der Waals surface area (Å²) >= 11 is 0. The van der Waals surface area contributed by atoms with Crippen molar-refractivity contribution in [2.24, 2.45) is 0 Å². The van der Waals surface area contributed by atoms with Gasteiger partial charge in [-0.1, -0.05) is 42.0 Å². The van der Waals surface area contributed by atoms with E-state index < -0.39 is 29.4 Å². The van der Waals surface area contributed by atoms with Gasteiger partial charge in [-0.3, -0.25) is 14.5 Å². The average Bonchev–Trinajstić information content (AvgIpc) is 3.00. The number of anilines is 1. The molecule has 0 bridgehead atoms. The van der Waals surface area contributed by atoms with Crippen molar-refractivity contribution in [1.29, 1.82) is 0 Å². The molecule has 0 saturated carbocycles. The summed E-state index contributed by atoms with van der Waals surface area (Å²) < 4.78 is 27.4. The third-order valence-corrected chi connectivity index (χ3v) is 5.04. The van der Waals surface area contributed by atoms with Gasteiger partial charge < -0.3 is 5.11 Å². The van der Waals surface area contributed by atoms with E-state index in [4.69, 9.17) is 0 Å². The van der Waals surface area contributed by atoms with Crippen LogP contribution < -0.4 is 4.90 Å². The maximum atomic E-state index is 14.0. The van der Waals surface area contributed by atoms with Crippen LogP contribution in [0.3, 0.4) is 0 Å². The van der Waals surface area contributed by atoms with E-state index in [1.165, 1.54) is 30.3 Å². The molecule has 1 saturated heterocycles. The second kappa shape index (κ2) is 7.55. The Bertz CT molecular complexity index is 1170. The van der Waals surface area contributed by atoms with Gasteiger partial charge in [0.1, 0.15) is 17.4 Å². The van der Waals surface area contributed by atoms with Gasteiger partial charge in [-0.05, 0) is 48.9 Å². The lowest BCUT2D eigenvalue weighted by Crippen LogP contribution is -2.29. The molecule has 6 heteroatoms. The Morgan fingerprint density at radius 1 is 0.900 bits per heavy atom. The number of hydrogen-bond acceptors (Lipinski definition) is 3. The molecule has 4 nitrogen and oxygen atoms in total. The molecule has 1 heterocycles. The fraction of sp³-hybridized carbons (Fsp3) is 0.0833. The number of nitrogens with zero attached hydrogens (tertiary/aromatic N) is 1. The van der Waals surface area contributed by atoms with Crippen molar-refractivity contribution in [3.63, 3.8) is 0 Å². The number of hydrogen-bond donors (Lipinski definition) is 1. The van der Waals surface area contributed by atoms with E-state index in [0.717, 1.165) is 22.6 Å². The second-order valence-electron chi connectivity index (χ2n) is 7.07. The molecule has 4 rings (SSSR count). The van der Waals surface area contributed by atoms with E-state index in [2.05, 4.69) is 0 Å². The van der Waals surface area contributed by atoms with Gasteiger partial charge in [-0.15, -0.1) is 0 Å². The third kappa shape index (κ3) is 3.37. The van der Waals surface area contributed by atoms with Crippen molar-refractivity contribution in [1.82, 2.24) is 0 Å². The van der Waals surface area contributed by atoms with Crippen LogP contribution in [0.15, 0.2) is 78.4 Å². The lowest BCUT2D eigenvalue weighted by atomic mass is 9.95. The van der Waals surface area contributed by atoms with Gasteiger partial charge in [0.25, 0.3) is 11.7 Å². The van der Waals surface area contributed by atoms with Crippen LogP contribution in [0.5, 0.6) is 0 Å². The molecule has 1 atom stereocenters. The van der Waals surface area contributed by atoms with Crippen LogP contribution in [0, 0.1) is 18.6 Å². The highest BCUT2D eigenvalue weighted by molar-refractivity contribution is 6.51. The molecule has 3 aromatic carbocycles. The first-order valence-electron chi connectivity index (χ1n) is 9.26. The van der Waals surface area contributed by atoms with Crippen LogP contribution in [-0.4, -0.2) is 16.8 Å². The van der Waals surface area contributed by atoms with Crippen LogP contribution in [0.25, 0.3) is 5.76 Å². The van der Waals surface area contributed by atoms with E-state index in [-0.39, 0.29) is 17.0 Å². The van der Waals surface area contributed by atoms with Crippen LogP contribution in [0.1, 0.15) is 22.7 Å². The van der Waals surface area contributed by atoms with Gasteiger partial charge in [0.2, 0.25) is 0 Å². The molecule has 3 aromatic rings. The van der Waals surface area contributed by atoms with Gasteiger partial charge >= 0.3 is 0 Å². The first-order valence-corrected chi connectivity index (χ1v) is 9.26. The maximum Gasteiger partial charge on any atom is 0.300 e. The van der Waals surface area contributed by atoms with E-state index in [1.807, 2.05) is 6.92 Å². The lowest BCUT2D eigenvalue weighted by molar-refractivity contribution is -0.132. The van der Waals surface area contributed by atoms with Gasteiger partial charge in [-0.25, -0.2) is 8.78 Å². The number of halogens is 2. The molecule has 1 fully saturated rings. The Morgan fingerprint density at radius 3 is 2.20 bits per heavy atom. The van der Waals surface area contributed by atoms with E-state index >= 15 is 0 Å². The topological polar surface area (TPSA) is 57.6 Å². The van der Waals surface area contributed by atoms with Gasteiger partial charge in [0.15, 0.2) is 0 Å². The van der Waals surface area contributed by atoms with Gasteiger partial charge in [0.05, 0.1) is 11.6 Å². The second-order valence-corrected chi connectivity index (χ2v) is 7.07. The average molecular weight is 405 g/mol. The molecule has 0 unspecified atom stereocenters. The van der Waals surface area contributed by atoms with Crippen molar-refractivity contribution in [2.45, 2.75) is 13.0 Å². The zero-order chi connectivity index (χ0) is 21.4. The van der Waals surface area contributed by atoms with E-state index in [1.54, 1.807) is 30.3 Å². The molecule has 1 amide bonds. The van der Waals surface area contributed by atoms with E-state index in [9.17, 15) is 23.5 Å². The summed E-state index contributed by atoms with van der Waals surface area (Å²) in [6, 6.07) is 16.3. The predicted octanol–water partition coefficient (Wildman–Crippen LogP) is 4.90. The van der Waals surface area contributed by atoms with Crippen LogP contribution in [0.2, 0.25) is 0 Å². The van der Waals surface area contributed by atoms with Gasteiger partial charge in [-0.2, -0.15) is 0 Å². The molecule has 1 aliphatic rings. The summed E-state index contributed by atoms with van der Waals surface area (Å²) in [5.74, 6) is -3.19. The molecule has 0 aliphatic carbocycles. The number of aryl methyl sites for hydroxylation is 1. The van der Waals surface area contributed by atoms with Crippen molar-refractivity contribution in [2.75, 3.05) is 4.90 Å². The lowest BCUT2D eigenvalue weighted by Gasteiger charge is -2.25. The highest BCUT2D eigenvalue weighted by atomic mass is 19.1. The normalized spacial score (nSPS) is 18.1. The maximum absolute atomic E-state index is 14.0. The van der Waals surface area contributed by atoms with Crippen molar-refractivity contribution in [3.8, 4) is 0 Å². The Hall–Kier alpha value is -3.80. The fourth-order valence-electron chi connectivity index (χ4n) is 3.56. The highest BCUT2D eigenvalue weighted by Crippen LogP contribution is 2.42. The Balaban J connectivity index is 1.95. The van der Waals surface area contributed by atoms with Crippen LogP contribution in [-0.2, 0) is 9.59 Å². The van der Waals surface area contributed by atoms with Crippen molar-refractivity contribution in [3.05, 3.63) is 107 Å². The number of benzene rings is 3. The highest BCUT2D eigenvalue weighted by Gasteiger charge is 2.47.